The monoisotopic (exact) mass is 1950 g/mol. The highest BCUT2D eigenvalue weighted by atomic mass is 79.9. The number of sulfone groups is 1. The van der Waals surface area contributed by atoms with Crippen LogP contribution >= 0.6 is 209 Å². The molecule has 0 spiro atoms. The summed E-state index contributed by atoms with van der Waals surface area (Å²) < 4.78 is 64.2. The van der Waals surface area contributed by atoms with E-state index in [0.29, 0.717) is 55.1 Å². The van der Waals surface area contributed by atoms with E-state index in [-0.39, 0.29) is 36.1 Å². The summed E-state index contributed by atoms with van der Waals surface area (Å²) in [4.78, 5) is 108. The molecule has 0 saturated heterocycles. The van der Waals surface area contributed by atoms with Gasteiger partial charge in [-0.05, 0) is 160 Å². The molecule has 11 rings (SSSR count). The lowest BCUT2D eigenvalue weighted by Crippen LogP contribution is -2.25. The van der Waals surface area contributed by atoms with Crippen LogP contribution in [0.25, 0.3) is 31.7 Å². The number of rotatable bonds is 14. The molecule has 0 fully saturated rings. The molecule has 42 heteroatoms. The van der Waals surface area contributed by atoms with E-state index in [1.54, 1.807) is 50.5 Å². The van der Waals surface area contributed by atoms with Crippen molar-refractivity contribution in [2.24, 2.45) is 0 Å². The van der Waals surface area contributed by atoms with Gasteiger partial charge in [-0.15, -0.1) is 102 Å². The van der Waals surface area contributed by atoms with E-state index in [0.717, 1.165) is 115 Å². The molecule has 0 unspecified atom stereocenters. The number of aromatic carboxylic acids is 1. The molecule has 0 bridgehead atoms. The molecule has 10 aromatic heterocycles. The zero-order valence-corrected chi connectivity index (χ0v) is 71.8. The number of hydrogen-bond acceptors (Lipinski definition) is 30. The highest BCUT2D eigenvalue weighted by Crippen LogP contribution is 2.36. The van der Waals surface area contributed by atoms with Crippen molar-refractivity contribution in [1.82, 2.24) is 54.9 Å². The van der Waals surface area contributed by atoms with Crippen LogP contribution in [0.3, 0.4) is 0 Å². The molecule has 10 heterocycles. The number of carboxylic acids is 1. The average Bonchev–Trinajstić information content (AvgIpc) is 1.76. The number of nitrogen functional groups attached to an aromatic ring is 2. The van der Waals surface area contributed by atoms with Gasteiger partial charge in [0.15, 0.2) is 41.4 Å². The predicted molar refractivity (Wildman–Crippen MR) is 414 cm³/mol. The maximum atomic E-state index is 12.6. The molecular weight excluding hydrogens is 1900 g/mol. The Kier molecular flexibility index (Phi) is 33.6. The van der Waals surface area contributed by atoms with Crippen molar-refractivity contribution in [1.29, 1.82) is 0 Å². The normalized spacial score (nSPS) is 10.8. The lowest BCUT2D eigenvalue weighted by Gasteiger charge is -2.11. The minimum atomic E-state index is -5.39. The molecule has 0 radical (unpaired) electrons. The van der Waals surface area contributed by atoms with Gasteiger partial charge in [0.2, 0.25) is 0 Å². The second-order valence-corrected chi connectivity index (χ2v) is 38.4. The largest absolute Gasteiger partial charge is 0.501 e. The van der Waals surface area contributed by atoms with Crippen LogP contribution in [-0.4, -0.2) is 123 Å². The number of aromatic nitrogens is 10. The molecule has 11 aromatic rings. The molecular formula is C57H54Br6F3N13O9S11. The van der Waals surface area contributed by atoms with Crippen LogP contribution in [0.2, 0.25) is 0 Å². The van der Waals surface area contributed by atoms with Gasteiger partial charge in [0.1, 0.15) is 20.5 Å². The van der Waals surface area contributed by atoms with Gasteiger partial charge >= 0.3 is 11.5 Å². The Balaban J connectivity index is 0.000000218. The first-order valence-electron chi connectivity index (χ1n) is 27.2. The fourth-order valence-electron chi connectivity index (χ4n) is 7.52. The standard InChI is InChI=1S/C18H15F3N2O3S3.C8H9N3S2.C7H6BrN3S2.C7H9BrN2O2S.C6H5Br2NOS.C6H6BrNOS.C5H4BrNO2S/c1-10-17(28-11(2)22-10)15-9-27-16(23-15)8-13(24)7-12-3-5-14(6-4-12)29(25,26)18(19,20)21;1-4-7(13-5(2)10-4)6-3-12-8(9)11-6;1-3-5(13-6(8)10-3)4-2-12-7(9)11-4;1-4-5(13-7(8)9-4)6(11)10(2)12-3;1-3-5(4(10)2-7)11-6(8)9-3;1-3-5(4(2)9)10-6(7)8-3;1-2-3(4(8)9)10-5(6)7-2/h3-6,9H,7-8H2,1-2H3;3H,1-2H3,(H2,9,11);2H,1H3,(H2,9,11);1-3H3;2H2,1H3;1-2H3;1H3,(H,8,9). The number of carboxylic acid groups (broad SMARTS) is 1. The van der Waals surface area contributed by atoms with Gasteiger partial charge < -0.3 is 16.6 Å². The Hall–Kier alpha value is -4.35. The zero-order valence-electron chi connectivity index (χ0n) is 53.3. The summed E-state index contributed by atoms with van der Waals surface area (Å²) in [6.45, 7) is 18.4. The molecule has 0 aliphatic heterocycles. The van der Waals surface area contributed by atoms with Crippen LogP contribution in [0.1, 0.15) is 106 Å². The van der Waals surface area contributed by atoms with E-state index in [1.807, 2.05) is 64.6 Å². The average molecular weight is 1950 g/mol. The number of nitrogens with two attached hydrogens (primary N) is 2. The Labute approximate surface area is 656 Å². The minimum absolute atomic E-state index is 0.0278. The maximum Gasteiger partial charge on any atom is 0.501 e. The number of nitrogens with zero attached hydrogens (tertiary/aromatic N) is 11. The predicted octanol–water partition coefficient (Wildman–Crippen LogP) is 18.9. The Bertz CT molecular complexity index is 4590. The van der Waals surface area contributed by atoms with Gasteiger partial charge in [-0.2, -0.15) is 13.2 Å². The second kappa shape index (κ2) is 39.0. The van der Waals surface area contributed by atoms with E-state index in [9.17, 15) is 45.6 Å². The fourth-order valence-corrected chi connectivity index (χ4v) is 20.0. The van der Waals surface area contributed by atoms with E-state index < -0.39 is 26.2 Å². The highest BCUT2D eigenvalue weighted by molar-refractivity contribution is 9.12. The molecule has 22 nitrogen and oxygen atoms in total. The van der Waals surface area contributed by atoms with Gasteiger partial charge in [0.05, 0.1) is 115 Å². The van der Waals surface area contributed by atoms with Crippen LogP contribution < -0.4 is 11.5 Å². The smallest absolute Gasteiger partial charge is 0.477 e. The summed E-state index contributed by atoms with van der Waals surface area (Å²) in [5, 5.41) is 19.7. The number of hydrogen-bond donors (Lipinski definition) is 3. The summed E-state index contributed by atoms with van der Waals surface area (Å²) in [6.07, 6.45) is 0.0596. The van der Waals surface area contributed by atoms with Crippen molar-refractivity contribution in [2.75, 3.05) is 31.0 Å². The first kappa shape index (κ1) is 85.3. The third kappa shape index (κ3) is 25.5. The molecule has 5 N–H and O–H groups in total. The van der Waals surface area contributed by atoms with Crippen LogP contribution in [0.15, 0.2) is 64.9 Å². The third-order valence-electron chi connectivity index (χ3n) is 11.9. The van der Waals surface area contributed by atoms with Crippen molar-refractivity contribution in [3.05, 3.63) is 140 Å². The third-order valence-corrected chi connectivity index (χ3v) is 26.5. The van der Waals surface area contributed by atoms with Crippen molar-refractivity contribution < 1.29 is 55.5 Å². The van der Waals surface area contributed by atoms with Gasteiger partial charge in [-0.1, -0.05) is 39.4 Å². The van der Waals surface area contributed by atoms with Gasteiger partial charge in [-0.3, -0.25) is 24.0 Å². The van der Waals surface area contributed by atoms with Crippen molar-refractivity contribution in [3.8, 4) is 31.7 Å². The number of thiazole rings is 10. The summed E-state index contributed by atoms with van der Waals surface area (Å²) in [5.74, 6) is -1.09. The van der Waals surface area contributed by atoms with Crippen LogP contribution in [-0.2, 0) is 32.3 Å². The summed E-state index contributed by atoms with van der Waals surface area (Å²) in [7, 11) is -2.38. The number of halogens is 9. The lowest BCUT2D eigenvalue weighted by molar-refractivity contribution is -0.117. The fraction of sp³-hybridized carbons (Fsp3) is 0.281. The highest BCUT2D eigenvalue weighted by Gasteiger charge is 2.46. The number of benzene rings is 1. The SMILES string of the molecule is CC(=O)c1sc(Br)nc1C.CON(C)C(=O)c1sc(Br)nc1C.Cc1nc(Br)sc1-c1csc(N)n1.Cc1nc(Br)sc1C(=O)CBr.Cc1nc(Br)sc1C(=O)O.Cc1nc(C)c(-c2csc(CC(=O)Cc3ccc(S(=O)(=O)C(F)(F)F)cc3)n2)s1.Cc1nc(C)c(-c2csc(N)n2)s1. The molecule has 99 heavy (non-hydrogen) atoms. The number of ketones is 3. The van der Waals surface area contributed by atoms with Gasteiger partial charge in [0.25, 0.3) is 15.7 Å². The summed E-state index contributed by atoms with van der Waals surface area (Å²) >= 11 is 33.4. The molecule has 1 aromatic carbocycles. The molecule has 0 aliphatic carbocycles. The Morgan fingerprint density at radius 3 is 1.24 bits per heavy atom. The van der Waals surface area contributed by atoms with Gasteiger partial charge in [0, 0.05) is 36.5 Å². The second-order valence-electron chi connectivity index (χ2n) is 19.4. The first-order chi connectivity index (χ1) is 46.2. The molecule has 0 aliphatic rings. The number of hydroxylamine groups is 2. The number of alkyl halides is 4. The Morgan fingerprint density at radius 1 is 0.535 bits per heavy atom. The molecule has 0 atom stereocenters. The maximum absolute atomic E-state index is 12.6. The number of aryl methyl sites for hydroxylation is 9. The van der Waals surface area contributed by atoms with E-state index in [1.165, 1.54) is 104 Å². The van der Waals surface area contributed by atoms with Crippen molar-refractivity contribution in [3.63, 3.8) is 0 Å². The summed E-state index contributed by atoms with van der Waals surface area (Å²) in [5.41, 5.74) is 14.6. The summed E-state index contributed by atoms with van der Waals surface area (Å²) in [6, 6.07) is 4.16. The number of Topliss-reactive ketones (excluding diaryl/α,β-unsaturated/α-hetero) is 3. The van der Waals surface area contributed by atoms with Crippen molar-refractivity contribution >= 4 is 258 Å². The quantitative estimate of drug-likeness (QED) is 0.0517. The first-order valence-corrected chi connectivity index (χ1v) is 42.1. The van der Waals surface area contributed by atoms with E-state index in [4.69, 9.17) is 21.4 Å². The number of carbonyl (C=O) groups is 5. The molecule has 1 amide bonds. The number of amides is 1. The topological polar surface area (TPSA) is 333 Å². The van der Waals surface area contributed by atoms with E-state index >= 15 is 0 Å². The zero-order chi connectivity index (χ0) is 74.1. The number of carbonyl (C=O) groups excluding carboxylic acids is 4. The molecule has 530 valence electrons. The minimum Gasteiger partial charge on any atom is -0.477 e. The lowest BCUT2D eigenvalue weighted by atomic mass is 10.1. The molecule has 0 saturated carbocycles. The van der Waals surface area contributed by atoms with E-state index in [2.05, 4.69) is 145 Å². The van der Waals surface area contributed by atoms with Crippen LogP contribution in [0.5, 0.6) is 0 Å². The Morgan fingerprint density at radius 2 is 0.919 bits per heavy atom. The number of anilines is 2. The van der Waals surface area contributed by atoms with Crippen molar-refractivity contribution in [2.45, 2.75) is 92.5 Å². The van der Waals surface area contributed by atoms with Gasteiger partial charge in [-0.25, -0.2) is 68.1 Å². The van der Waals surface area contributed by atoms with Crippen LogP contribution in [0, 0.1) is 62.3 Å². The van der Waals surface area contributed by atoms with Crippen LogP contribution in [0.4, 0.5) is 23.4 Å².